The van der Waals surface area contributed by atoms with Gasteiger partial charge in [0, 0.05) is 25.0 Å². The lowest BCUT2D eigenvalue weighted by Gasteiger charge is -2.20. The summed E-state index contributed by atoms with van der Waals surface area (Å²) in [6.45, 7) is 2.35. The van der Waals surface area contributed by atoms with Crippen LogP contribution in [0.4, 0.5) is 0 Å². The zero-order valence-electron chi connectivity index (χ0n) is 13.2. The van der Waals surface area contributed by atoms with Crippen LogP contribution in [0.2, 0.25) is 0 Å². The molecule has 8 heteroatoms. The number of fused-ring (bicyclic) bond motifs is 1. The Hall–Kier alpha value is -2.03. The molecule has 0 bridgehead atoms. The molecule has 0 atom stereocenters. The highest BCUT2D eigenvalue weighted by Gasteiger charge is 2.34. The molecule has 6 nitrogen and oxygen atoms in total. The van der Waals surface area contributed by atoms with E-state index in [-0.39, 0.29) is 22.6 Å². The number of benzene rings is 1. The van der Waals surface area contributed by atoms with Crippen LogP contribution in [0.3, 0.4) is 0 Å². The highest BCUT2D eigenvalue weighted by molar-refractivity contribution is 7.89. The highest BCUT2D eigenvalue weighted by atomic mass is 32.2. The summed E-state index contributed by atoms with van der Waals surface area (Å²) < 4.78 is 27.1. The molecule has 0 radical (unpaired) electrons. The summed E-state index contributed by atoms with van der Waals surface area (Å²) in [5, 5.41) is 1.89. The van der Waals surface area contributed by atoms with E-state index in [0.717, 1.165) is 9.78 Å². The molecule has 2 aromatic rings. The number of carbonyl (C=O) groups is 2. The minimum Gasteiger partial charge on any atom is -0.277 e. The topological polar surface area (TPSA) is 74.8 Å². The minimum absolute atomic E-state index is 0.0242. The Labute approximate surface area is 144 Å². The number of rotatable bonds is 5. The predicted octanol–water partition coefficient (Wildman–Crippen LogP) is 2.18. The van der Waals surface area contributed by atoms with Gasteiger partial charge in [-0.05, 0) is 29.6 Å². The average Bonchev–Trinajstić information content (AvgIpc) is 3.16. The van der Waals surface area contributed by atoms with E-state index in [0.29, 0.717) is 6.54 Å². The fourth-order valence-corrected chi connectivity index (χ4v) is 4.85. The van der Waals surface area contributed by atoms with Crippen LogP contribution >= 0.6 is 11.3 Å². The van der Waals surface area contributed by atoms with E-state index in [4.69, 9.17) is 0 Å². The molecule has 0 saturated heterocycles. The molecule has 3 rings (SSSR count). The molecule has 0 spiro atoms. The third-order valence-corrected chi connectivity index (χ3v) is 6.74. The van der Waals surface area contributed by atoms with E-state index < -0.39 is 21.8 Å². The second-order valence-corrected chi connectivity index (χ2v) is 8.36. The molecule has 2 heterocycles. The summed E-state index contributed by atoms with van der Waals surface area (Å²) in [6.07, 6.45) is 0. The summed E-state index contributed by atoms with van der Waals surface area (Å²) in [7, 11) is -2.37. The zero-order chi connectivity index (χ0) is 17.5. The first-order valence-electron chi connectivity index (χ1n) is 7.35. The maximum Gasteiger partial charge on any atom is 0.261 e. The highest BCUT2D eigenvalue weighted by Crippen LogP contribution is 2.27. The zero-order valence-corrected chi connectivity index (χ0v) is 14.9. The van der Waals surface area contributed by atoms with Crippen molar-refractivity contribution < 1.29 is 18.0 Å². The molecule has 24 heavy (non-hydrogen) atoms. The van der Waals surface area contributed by atoms with Gasteiger partial charge in [0.05, 0.1) is 16.0 Å². The first-order chi connectivity index (χ1) is 11.4. The van der Waals surface area contributed by atoms with E-state index >= 15 is 0 Å². The van der Waals surface area contributed by atoms with Gasteiger partial charge in [0.2, 0.25) is 10.0 Å². The number of imide groups is 1. The molecule has 1 aromatic heterocycles. The lowest BCUT2D eigenvalue weighted by molar-refractivity contribution is 0.0693. The van der Waals surface area contributed by atoms with Crippen LogP contribution < -0.4 is 0 Å². The van der Waals surface area contributed by atoms with Gasteiger partial charge < -0.3 is 0 Å². The van der Waals surface area contributed by atoms with E-state index in [1.165, 1.54) is 40.9 Å². The van der Waals surface area contributed by atoms with Gasteiger partial charge >= 0.3 is 0 Å². The number of nitrogens with zero attached hydrogens (tertiary/aromatic N) is 2. The second-order valence-electron chi connectivity index (χ2n) is 5.39. The molecule has 1 aromatic carbocycles. The van der Waals surface area contributed by atoms with Gasteiger partial charge in [0.15, 0.2) is 0 Å². The molecule has 126 valence electrons. The largest absolute Gasteiger partial charge is 0.277 e. The van der Waals surface area contributed by atoms with Crippen molar-refractivity contribution in [1.29, 1.82) is 0 Å². The first-order valence-corrected chi connectivity index (χ1v) is 9.67. The van der Waals surface area contributed by atoms with Gasteiger partial charge in [-0.15, -0.1) is 11.3 Å². The van der Waals surface area contributed by atoms with Crippen molar-refractivity contribution in [3.8, 4) is 0 Å². The van der Waals surface area contributed by atoms with Crippen LogP contribution in [0, 0.1) is 0 Å². The summed E-state index contributed by atoms with van der Waals surface area (Å²) in [6, 6.07) is 7.84. The van der Waals surface area contributed by atoms with Crippen LogP contribution in [0.25, 0.3) is 0 Å². The van der Waals surface area contributed by atoms with Crippen molar-refractivity contribution in [1.82, 2.24) is 9.21 Å². The molecular formula is C16H16N2O4S2. The average molecular weight is 364 g/mol. The maximum absolute atomic E-state index is 12.9. The third kappa shape index (κ3) is 2.66. The second kappa shape index (κ2) is 6.12. The van der Waals surface area contributed by atoms with Crippen LogP contribution in [-0.2, 0) is 16.6 Å². The number of thiophene rings is 1. The number of hydrogen-bond acceptors (Lipinski definition) is 5. The Bertz CT molecular complexity index is 904. The van der Waals surface area contributed by atoms with Crippen LogP contribution in [0.15, 0.2) is 40.6 Å². The third-order valence-electron chi connectivity index (χ3n) is 3.96. The van der Waals surface area contributed by atoms with E-state index in [9.17, 15) is 18.0 Å². The van der Waals surface area contributed by atoms with Crippen molar-refractivity contribution >= 4 is 33.2 Å². The van der Waals surface area contributed by atoms with Gasteiger partial charge in [-0.2, -0.15) is 4.31 Å². The number of sulfonamides is 1. The monoisotopic (exact) mass is 364 g/mol. The Kier molecular flexibility index (Phi) is 4.29. The van der Waals surface area contributed by atoms with Gasteiger partial charge in [0.1, 0.15) is 0 Å². The van der Waals surface area contributed by atoms with Crippen LogP contribution in [-0.4, -0.2) is 43.0 Å². The number of hydrogen-bond donors (Lipinski definition) is 0. The smallest absolute Gasteiger partial charge is 0.261 e. The molecule has 0 unspecified atom stereocenters. The van der Waals surface area contributed by atoms with Crippen LogP contribution in [0.5, 0.6) is 0 Å². The quantitative estimate of drug-likeness (QED) is 0.762. The minimum atomic E-state index is -3.75. The summed E-state index contributed by atoms with van der Waals surface area (Å²) >= 11 is 1.49. The van der Waals surface area contributed by atoms with E-state index in [1.54, 1.807) is 6.92 Å². The lowest BCUT2D eigenvalue weighted by atomic mass is 10.1. The Morgan fingerprint density at radius 3 is 2.46 bits per heavy atom. The standard InChI is InChI=1S/C16H16N2O4S2/c1-3-18(10-11-5-4-8-23-11)24(21,22)12-6-7-13-14(9-12)16(20)17(2)15(13)19/h4-9H,3,10H2,1-2H3. The lowest BCUT2D eigenvalue weighted by Crippen LogP contribution is -2.30. The number of amides is 2. The van der Waals surface area contributed by atoms with Gasteiger partial charge in [-0.3, -0.25) is 14.5 Å². The molecule has 0 N–H and O–H groups in total. The van der Waals surface area contributed by atoms with Crippen LogP contribution in [0.1, 0.15) is 32.5 Å². The molecule has 1 aliphatic rings. The Balaban J connectivity index is 1.98. The molecule has 0 aliphatic carbocycles. The fraction of sp³-hybridized carbons (Fsp3) is 0.250. The SMILES string of the molecule is CCN(Cc1cccs1)S(=O)(=O)c1ccc2c(c1)C(=O)N(C)C2=O. The predicted molar refractivity (Wildman–Crippen MR) is 90.5 cm³/mol. The summed E-state index contributed by atoms with van der Waals surface area (Å²) in [4.78, 5) is 25.9. The Morgan fingerprint density at radius 1 is 1.12 bits per heavy atom. The molecule has 2 amide bonds. The molecular weight excluding hydrogens is 348 g/mol. The van der Waals surface area contributed by atoms with Crippen molar-refractivity contribution in [3.63, 3.8) is 0 Å². The van der Waals surface area contributed by atoms with E-state index in [1.807, 2.05) is 17.5 Å². The summed E-state index contributed by atoms with van der Waals surface area (Å²) in [5.74, 6) is -0.891. The maximum atomic E-state index is 12.9. The van der Waals surface area contributed by atoms with Crippen molar-refractivity contribution in [2.75, 3.05) is 13.6 Å². The first kappa shape index (κ1) is 16.8. The van der Waals surface area contributed by atoms with Gasteiger partial charge in [-0.25, -0.2) is 8.42 Å². The van der Waals surface area contributed by atoms with Gasteiger partial charge in [0.25, 0.3) is 11.8 Å². The summed E-state index contributed by atoms with van der Waals surface area (Å²) in [5.41, 5.74) is 0.374. The Morgan fingerprint density at radius 2 is 1.83 bits per heavy atom. The molecule has 0 saturated carbocycles. The molecule has 1 aliphatic heterocycles. The number of carbonyl (C=O) groups excluding carboxylic acids is 2. The molecule has 0 fully saturated rings. The fourth-order valence-electron chi connectivity index (χ4n) is 2.59. The normalized spacial score (nSPS) is 14.5. The van der Waals surface area contributed by atoms with Crippen molar-refractivity contribution in [3.05, 3.63) is 51.7 Å². The van der Waals surface area contributed by atoms with Crippen molar-refractivity contribution in [2.24, 2.45) is 0 Å². The van der Waals surface area contributed by atoms with E-state index in [2.05, 4.69) is 0 Å². The van der Waals surface area contributed by atoms with Crippen molar-refractivity contribution in [2.45, 2.75) is 18.4 Å². The van der Waals surface area contributed by atoms with Gasteiger partial charge in [-0.1, -0.05) is 13.0 Å².